The minimum atomic E-state index is 0.334. The summed E-state index contributed by atoms with van der Waals surface area (Å²) >= 11 is 0. The van der Waals surface area contributed by atoms with Crippen LogP contribution in [0.3, 0.4) is 0 Å². The van der Waals surface area contributed by atoms with Crippen molar-refractivity contribution in [2.45, 2.75) is 26.2 Å². The Morgan fingerprint density at radius 2 is 2.20 bits per heavy atom. The van der Waals surface area contributed by atoms with Gasteiger partial charge >= 0.3 is 0 Å². The Morgan fingerprint density at radius 3 is 2.67 bits per heavy atom. The topological polar surface area (TPSA) is 53.1 Å². The predicted octanol–water partition coefficient (Wildman–Crippen LogP) is 1.02. The van der Waals surface area contributed by atoms with Crippen LogP contribution in [0, 0.1) is 12.3 Å². The lowest BCUT2D eigenvalue weighted by molar-refractivity contribution is 0.365. The van der Waals surface area contributed by atoms with Crippen LogP contribution in [0.2, 0.25) is 0 Å². The van der Waals surface area contributed by atoms with Crippen LogP contribution in [-0.2, 0) is 13.5 Å². The third kappa shape index (κ3) is 1.74. The van der Waals surface area contributed by atoms with Crippen LogP contribution in [-0.4, -0.2) is 23.4 Å². The molecule has 0 bridgehead atoms. The fraction of sp³-hybridized carbons (Fsp3) is 0.727. The van der Waals surface area contributed by atoms with E-state index in [0.717, 1.165) is 24.5 Å². The summed E-state index contributed by atoms with van der Waals surface area (Å²) in [5.41, 5.74) is 8.42. The molecular weight excluding hydrogens is 190 g/mol. The number of rotatable bonds is 4. The van der Waals surface area contributed by atoms with Gasteiger partial charge in [0.25, 0.3) is 0 Å². The normalized spacial score (nSPS) is 17.9. The van der Waals surface area contributed by atoms with E-state index in [2.05, 4.69) is 5.10 Å². The summed E-state index contributed by atoms with van der Waals surface area (Å²) in [6.07, 6.45) is 3.48. The molecule has 0 aliphatic heterocycles. The standard InChI is InChI=1S/C11H19N3O/c1-8-9(6-11(7-12)4-5-11)10(15-3)14(2)13-8/h4-7,12H2,1-3H3. The second kappa shape index (κ2) is 3.52. The molecule has 2 N–H and O–H groups in total. The average Bonchev–Trinajstić information content (AvgIpc) is 2.92. The molecule has 1 fully saturated rings. The van der Waals surface area contributed by atoms with E-state index in [1.165, 1.54) is 18.4 Å². The molecule has 0 radical (unpaired) electrons. The highest BCUT2D eigenvalue weighted by Crippen LogP contribution is 2.48. The number of nitrogens with two attached hydrogens (primary N) is 1. The third-order valence-electron chi connectivity index (χ3n) is 3.42. The van der Waals surface area contributed by atoms with Crippen LogP contribution in [0.15, 0.2) is 0 Å². The first-order valence-corrected chi connectivity index (χ1v) is 5.38. The molecule has 1 aromatic heterocycles. The van der Waals surface area contributed by atoms with Gasteiger partial charge < -0.3 is 10.5 Å². The van der Waals surface area contributed by atoms with E-state index in [4.69, 9.17) is 10.5 Å². The number of aromatic nitrogens is 2. The quantitative estimate of drug-likeness (QED) is 0.805. The molecule has 84 valence electrons. The Labute approximate surface area is 90.4 Å². The van der Waals surface area contributed by atoms with Gasteiger partial charge in [-0.1, -0.05) is 0 Å². The fourth-order valence-electron chi connectivity index (χ4n) is 2.14. The van der Waals surface area contributed by atoms with Crippen molar-refractivity contribution in [2.24, 2.45) is 18.2 Å². The summed E-state index contributed by atoms with van der Waals surface area (Å²) in [4.78, 5) is 0. The number of hydrogen-bond donors (Lipinski definition) is 1. The van der Waals surface area contributed by atoms with Crippen molar-refractivity contribution in [2.75, 3.05) is 13.7 Å². The predicted molar refractivity (Wildman–Crippen MR) is 58.9 cm³/mol. The van der Waals surface area contributed by atoms with Crippen LogP contribution in [0.4, 0.5) is 0 Å². The van der Waals surface area contributed by atoms with Gasteiger partial charge in [0.2, 0.25) is 5.88 Å². The lowest BCUT2D eigenvalue weighted by atomic mass is 9.97. The van der Waals surface area contributed by atoms with Gasteiger partial charge in [0.05, 0.1) is 12.8 Å². The molecule has 0 aromatic carbocycles. The van der Waals surface area contributed by atoms with E-state index in [9.17, 15) is 0 Å². The molecule has 0 amide bonds. The number of hydrogen-bond acceptors (Lipinski definition) is 3. The Morgan fingerprint density at radius 1 is 1.53 bits per heavy atom. The zero-order valence-electron chi connectivity index (χ0n) is 9.71. The Hall–Kier alpha value is -1.03. The van der Waals surface area contributed by atoms with Crippen LogP contribution >= 0.6 is 0 Å². The summed E-state index contributed by atoms with van der Waals surface area (Å²) in [7, 11) is 3.61. The van der Waals surface area contributed by atoms with Gasteiger partial charge in [0.15, 0.2) is 0 Å². The molecule has 1 heterocycles. The third-order valence-corrected chi connectivity index (χ3v) is 3.42. The van der Waals surface area contributed by atoms with Gasteiger partial charge in [-0.05, 0) is 38.1 Å². The average molecular weight is 209 g/mol. The van der Waals surface area contributed by atoms with Gasteiger partial charge in [0.1, 0.15) is 0 Å². The van der Waals surface area contributed by atoms with E-state index in [-0.39, 0.29) is 0 Å². The first-order valence-electron chi connectivity index (χ1n) is 5.38. The second-order valence-electron chi connectivity index (χ2n) is 4.58. The van der Waals surface area contributed by atoms with Gasteiger partial charge in [-0.3, -0.25) is 0 Å². The van der Waals surface area contributed by atoms with E-state index < -0.39 is 0 Å². The smallest absolute Gasteiger partial charge is 0.214 e. The monoisotopic (exact) mass is 209 g/mol. The summed E-state index contributed by atoms with van der Waals surface area (Å²) in [5.74, 6) is 0.882. The van der Waals surface area contributed by atoms with Crippen LogP contribution in [0.25, 0.3) is 0 Å². The highest BCUT2D eigenvalue weighted by molar-refractivity contribution is 5.33. The Kier molecular flexibility index (Phi) is 2.46. The van der Waals surface area contributed by atoms with Gasteiger partial charge in [-0.2, -0.15) is 5.10 Å². The van der Waals surface area contributed by atoms with Crippen molar-refractivity contribution in [3.8, 4) is 5.88 Å². The van der Waals surface area contributed by atoms with Crippen LogP contribution in [0.1, 0.15) is 24.1 Å². The van der Waals surface area contributed by atoms with Crippen molar-refractivity contribution in [3.05, 3.63) is 11.3 Å². The maximum atomic E-state index is 5.80. The zero-order chi connectivity index (χ0) is 11.1. The molecule has 1 saturated carbocycles. The largest absolute Gasteiger partial charge is 0.481 e. The number of ether oxygens (including phenoxy) is 1. The van der Waals surface area contributed by atoms with Crippen molar-refractivity contribution in [3.63, 3.8) is 0 Å². The van der Waals surface area contributed by atoms with Gasteiger partial charge in [-0.15, -0.1) is 0 Å². The molecular formula is C11H19N3O. The molecule has 0 spiro atoms. The molecule has 0 saturated heterocycles. The van der Waals surface area contributed by atoms with Crippen molar-refractivity contribution in [1.29, 1.82) is 0 Å². The second-order valence-corrected chi connectivity index (χ2v) is 4.58. The minimum Gasteiger partial charge on any atom is -0.481 e. The number of nitrogens with zero attached hydrogens (tertiary/aromatic N) is 2. The van der Waals surface area contributed by atoms with E-state index in [0.29, 0.717) is 5.41 Å². The Balaban J connectivity index is 2.27. The van der Waals surface area contributed by atoms with Crippen LogP contribution in [0.5, 0.6) is 5.88 Å². The molecule has 2 rings (SSSR count). The number of aryl methyl sites for hydroxylation is 2. The lowest BCUT2D eigenvalue weighted by Gasteiger charge is -2.12. The van der Waals surface area contributed by atoms with Gasteiger partial charge in [0, 0.05) is 12.6 Å². The van der Waals surface area contributed by atoms with Crippen molar-refractivity contribution >= 4 is 0 Å². The molecule has 4 nitrogen and oxygen atoms in total. The van der Waals surface area contributed by atoms with Crippen LogP contribution < -0.4 is 10.5 Å². The van der Waals surface area contributed by atoms with Crippen molar-refractivity contribution in [1.82, 2.24) is 9.78 Å². The maximum Gasteiger partial charge on any atom is 0.214 e. The lowest BCUT2D eigenvalue weighted by Crippen LogP contribution is -2.18. The maximum absolute atomic E-state index is 5.80. The molecule has 0 unspecified atom stereocenters. The highest BCUT2D eigenvalue weighted by atomic mass is 16.5. The fourth-order valence-corrected chi connectivity index (χ4v) is 2.14. The van der Waals surface area contributed by atoms with Crippen molar-refractivity contribution < 1.29 is 4.74 Å². The molecule has 4 heteroatoms. The zero-order valence-corrected chi connectivity index (χ0v) is 9.71. The summed E-state index contributed by atoms with van der Waals surface area (Å²) in [6, 6.07) is 0. The SMILES string of the molecule is COc1c(CC2(CN)CC2)c(C)nn1C. The molecule has 0 atom stereocenters. The molecule has 1 aliphatic carbocycles. The summed E-state index contributed by atoms with van der Waals surface area (Å²) in [5, 5.41) is 4.38. The number of methoxy groups -OCH3 is 1. The van der Waals surface area contributed by atoms with Gasteiger partial charge in [-0.25, -0.2) is 4.68 Å². The van der Waals surface area contributed by atoms with E-state index in [1.54, 1.807) is 11.8 Å². The first kappa shape index (κ1) is 10.5. The highest BCUT2D eigenvalue weighted by Gasteiger charge is 2.42. The molecule has 1 aromatic rings. The molecule has 15 heavy (non-hydrogen) atoms. The van der Waals surface area contributed by atoms with E-state index >= 15 is 0 Å². The minimum absolute atomic E-state index is 0.334. The molecule has 1 aliphatic rings. The van der Waals surface area contributed by atoms with E-state index in [1.807, 2.05) is 14.0 Å². The summed E-state index contributed by atoms with van der Waals surface area (Å²) < 4.78 is 7.18. The Bertz CT molecular complexity index is 366. The summed E-state index contributed by atoms with van der Waals surface area (Å²) in [6.45, 7) is 2.80. The first-order chi connectivity index (χ1) is 7.12.